The Balaban J connectivity index is 2.36. The lowest BCUT2D eigenvalue weighted by Crippen LogP contribution is -2.03. The second kappa shape index (κ2) is 4.94. The van der Waals surface area contributed by atoms with E-state index in [0.717, 1.165) is 10.2 Å². The molecule has 2 aromatic carbocycles. The van der Waals surface area contributed by atoms with Gasteiger partial charge in [-0.25, -0.2) is 0 Å². The third kappa shape index (κ3) is 2.70. The van der Waals surface area contributed by atoms with Crippen molar-refractivity contribution >= 4 is 27.3 Å². The third-order valence-electron chi connectivity index (χ3n) is 2.12. The Kier molecular flexibility index (Phi) is 3.37. The number of nitrogens with one attached hydrogen (secondary N) is 1. The Morgan fingerprint density at radius 1 is 0.875 bits per heavy atom. The SMILES string of the molecule is O=c1ccc(Br)ccc1Nc1ccccc1. The van der Waals surface area contributed by atoms with Gasteiger partial charge in [0, 0.05) is 10.2 Å². The van der Waals surface area contributed by atoms with Gasteiger partial charge in [0.05, 0.1) is 5.69 Å². The molecule has 0 bridgehead atoms. The molecule has 0 unspecified atom stereocenters. The lowest BCUT2D eigenvalue weighted by atomic mass is 10.3. The molecule has 0 heterocycles. The van der Waals surface area contributed by atoms with Crippen LogP contribution in [-0.2, 0) is 0 Å². The Bertz CT molecular complexity index is 540. The van der Waals surface area contributed by atoms with Crippen LogP contribution in [0.25, 0.3) is 0 Å². The van der Waals surface area contributed by atoms with E-state index in [0.29, 0.717) is 5.69 Å². The van der Waals surface area contributed by atoms with E-state index in [2.05, 4.69) is 21.2 Å². The molecule has 1 N–H and O–H groups in total. The fraction of sp³-hybridized carbons (Fsp3) is 0. The lowest BCUT2D eigenvalue weighted by Gasteiger charge is -2.02. The zero-order chi connectivity index (χ0) is 11.4. The van der Waals surface area contributed by atoms with Crippen molar-refractivity contribution in [2.45, 2.75) is 0 Å². The highest BCUT2D eigenvalue weighted by molar-refractivity contribution is 9.10. The number of rotatable bonds is 2. The van der Waals surface area contributed by atoms with Gasteiger partial charge < -0.3 is 5.32 Å². The molecule has 0 spiro atoms. The van der Waals surface area contributed by atoms with E-state index in [9.17, 15) is 4.79 Å². The van der Waals surface area contributed by atoms with Crippen LogP contribution < -0.4 is 10.7 Å². The molecule has 2 nitrogen and oxygen atoms in total. The first-order chi connectivity index (χ1) is 7.75. The van der Waals surface area contributed by atoms with Crippen LogP contribution in [0.15, 0.2) is 63.9 Å². The van der Waals surface area contributed by atoms with Gasteiger partial charge in [0.25, 0.3) is 0 Å². The van der Waals surface area contributed by atoms with Crippen LogP contribution in [0.5, 0.6) is 0 Å². The van der Waals surface area contributed by atoms with Gasteiger partial charge in [0.15, 0.2) is 0 Å². The molecule has 3 heteroatoms. The van der Waals surface area contributed by atoms with Gasteiger partial charge in [-0.05, 0) is 36.4 Å². The summed E-state index contributed by atoms with van der Waals surface area (Å²) in [6, 6.07) is 16.5. The molecular formula is C13H10BrNO. The fourth-order valence-corrected chi connectivity index (χ4v) is 1.59. The van der Waals surface area contributed by atoms with Crippen molar-refractivity contribution in [3.63, 3.8) is 0 Å². The van der Waals surface area contributed by atoms with Crippen LogP contribution in [0.3, 0.4) is 0 Å². The maximum atomic E-state index is 11.7. The molecule has 2 rings (SSSR count). The van der Waals surface area contributed by atoms with Gasteiger partial charge in [-0.2, -0.15) is 0 Å². The third-order valence-corrected chi connectivity index (χ3v) is 2.65. The minimum Gasteiger partial charge on any atom is -0.352 e. The standard InChI is InChI=1S/C13H10BrNO/c14-10-6-8-12(13(16)9-7-10)15-11-4-2-1-3-5-11/h1-9H,(H,15,16). The molecule has 80 valence electrons. The molecule has 2 aromatic rings. The largest absolute Gasteiger partial charge is 0.352 e. The predicted octanol–water partition coefficient (Wildman–Crippen LogP) is 3.55. The molecule has 0 aliphatic heterocycles. The van der Waals surface area contributed by atoms with E-state index in [1.807, 2.05) is 36.4 Å². The lowest BCUT2D eigenvalue weighted by molar-refractivity contribution is 1.53. The summed E-state index contributed by atoms with van der Waals surface area (Å²) in [7, 11) is 0. The fourth-order valence-electron chi connectivity index (χ4n) is 1.33. The molecule has 0 fully saturated rings. The van der Waals surface area contributed by atoms with Crippen LogP contribution in [0, 0.1) is 0 Å². The van der Waals surface area contributed by atoms with Crippen molar-refractivity contribution in [3.8, 4) is 0 Å². The van der Waals surface area contributed by atoms with Crippen LogP contribution in [0.2, 0.25) is 0 Å². The normalized spacial score (nSPS) is 9.81. The molecular weight excluding hydrogens is 266 g/mol. The number of hydrogen-bond donors (Lipinski definition) is 1. The number of hydrogen-bond acceptors (Lipinski definition) is 2. The summed E-state index contributed by atoms with van der Waals surface area (Å²) in [6.45, 7) is 0. The second-order valence-corrected chi connectivity index (χ2v) is 4.24. The summed E-state index contributed by atoms with van der Waals surface area (Å²) < 4.78 is 0.880. The Morgan fingerprint density at radius 3 is 2.31 bits per heavy atom. The highest BCUT2D eigenvalue weighted by Gasteiger charge is 1.97. The minimum absolute atomic E-state index is 0.0328. The molecule has 0 radical (unpaired) electrons. The Morgan fingerprint density at radius 2 is 1.56 bits per heavy atom. The number of para-hydroxylation sites is 1. The van der Waals surface area contributed by atoms with Crippen molar-refractivity contribution < 1.29 is 0 Å². The van der Waals surface area contributed by atoms with Crippen LogP contribution in [0.4, 0.5) is 11.4 Å². The smallest absolute Gasteiger partial charge is 0.202 e. The number of benzene rings is 1. The molecule has 0 atom stereocenters. The number of halogens is 1. The Hall–Kier alpha value is -1.61. The van der Waals surface area contributed by atoms with E-state index >= 15 is 0 Å². The summed E-state index contributed by atoms with van der Waals surface area (Å²) in [5, 5.41) is 3.09. The van der Waals surface area contributed by atoms with Gasteiger partial charge >= 0.3 is 0 Å². The van der Waals surface area contributed by atoms with Crippen LogP contribution in [0.1, 0.15) is 0 Å². The van der Waals surface area contributed by atoms with E-state index in [-0.39, 0.29) is 5.43 Å². The summed E-state index contributed by atoms with van der Waals surface area (Å²) in [4.78, 5) is 11.7. The molecule has 16 heavy (non-hydrogen) atoms. The van der Waals surface area contributed by atoms with Crippen LogP contribution >= 0.6 is 15.9 Å². The average molecular weight is 276 g/mol. The average Bonchev–Trinajstić information content (AvgIpc) is 2.46. The van der Waals surface area contributed by atoms with Crippen molar-refractivity contribution in [1.82, 2.24) is 0 Å². The molecule has 0 aliphatic carbocycles. The van der Waals surface area contributed by atoms with E-state index in [4.69, 9.17) is 0 Å². The first-order valence-electron chi connectivity index (χ1n) is 4.88. The molecule has 0 amide bonds. The molecule has 0 saturated heterocycles. The summed E-state index contributed by atoms with van der Waals surface area (Å²) >= 11 is 3.33. The maximum Gasteiger partial charge on any atom is 0.202 e. The summed E-state index contributed by atoms with van der Waals surface area (Å²) in [5.74, 6) is 0. The van der Waals surface area contributed by atoms with Gasteiger partial charge in [-0.1, -0.05) is 34.1 Å². The Labute approximate surface area is 102 Å². The van der Waals surface area contributed by atoms with Gasteiger partial charge in [-0.3, -0.25) is 4.79 Å². The van der Waals surface area contributed by atoms with Crippen molar-refractivity contribution in [2.24, 2.45) is 0 Å². The van der Waals surface area contributed by atoms with Crippen molar-refractivity contribution in [1.29, 1.82) is 0 Å². The summed E-state index contributed by atoms with van der Waals surface area (Å²) in [5.41, 5.74) is 1.44. The quantitative estimate of drug-likeness (QED) is 0.908. The highest BCUT2D eigenvalue weighted by atomic mass is 79.9. The van der Waals surface area contributed by atoms with E-state index in [1.54, 1.807) is 12.1 Å². The maximum absolute atomic E-state index is 11.7. The monoisotopic (exact) mass is 275 g/mol. The van der Waals surface area contributed by atoms with Crippen molar-refractivity contribution in [3.05, 3.63) is 69.3 Å². The van der Waals surface area contributed by atoms with Gasteiger partial charge in [0.1, 0.15) is 0 Å². The van der Waals surface area contributed by atoms with E-state index < -0.39 is 0 Å². The zero-order valence-electron chi connectivity index (χ0n) is 8.48. The topological polar surface area (TPSA) is 29.1 Å². The zero-order valence-corrected chi connectivity index (χ0v) is 10.1. The first-order valence-corrected chi connectivity index (χ1v) is 5.67. The molecule has 0 saturated carbocycles. The first kappa shape index (κ1) is 10.9. The predicted molar refractivity (Wildman–Crippen MR) is 70.1 cm³/mol. The summed E-state index contributed by atoms with van der Waals surface area (Å²) in [6.07, 6.45) is 0. The van der Waals surface area contributed by atoms with Gasteiger partial charge in [0.2, 0.25) is 5.43 Å². The number of anilines is 2. The van der Waals surface area contributed by atoms with Crippen LogP contribution in [-0.4, -0.2) is 0 Å². The molecule has 0 aromatic heterocycles. The van der Waals surface area contributed by atoms with E-state index in [1.165, 1.54) is 6.07 Å². The highest BCUT2D eigenvalue weighted by Crippen LogP contribution is 2.13. The minimum atomic E-state index is -0.0328. The second-order valence-electron chi connectivity index (χ2n) is 3.32. The van der Waals surface area contributed by atoms with Gasteiger partial charge in [-0.15, -0.1) is 0 Å². The molecule has 0 aliphatic rings. The van der Waals surface area contributed by atoms with Crippen molar-refractivity contribution in [2.75, 3.05) is 5.32 Å².